The number of benzene rings is 1. The van der Waals surface area contributed by atoms with E-state index >= 15 is 0 Å². The second-order valence-corrected chi connectivity index (χ2v) is 5.96. The van der Waals surface area contributed by atoms with Gasteiger partial charge in [-0.3, -0.25) is 0 Å². The summed E-state index contributed by atoms with van der Waals surface area (Å²) in [5.74, 6) is 0. The first-order chi connectivity index (χ1) is 9.04. The van der Waals surface area contributed by atoms with Crippen molar-refractivity contribution in [1.29, 1.82) is 0 Å². The highest BCUT2D eigenvalue weighted by atomic mass is 35.5. The Morgan fingerprint density at radius 1 is 1.37 bits per heavy atom. The van der Waals surface area contributed by atoms with Gasteiger partial charge < -0.3 is 15.5 Å². The van der Waals surface area contributed by atoms with Crippen LogP contribution in [0.25, 0.3) is 0 Å². The summed E-state index contributed by atoms with van der Waals surface area (Å²) < 4.78 is 0. The molecule has 3 nitrogen and oxygen atoms in total. The normalized spacial score (nSPS) is 17.2. The molecule has 5 heteroatoms. The predicted molar refractivity (Wildman–Crippen MR) is 86.1 cm³/mol. The van der Waals surface area contributed by atoms with Gasteiger partial charge in [-0.15, -0.1) is 0 Å². The number of piperidine rings is 1. The smallest absolute Gasteiger partial charge is 0.170 e. The molecule has 0 amide bonds. The van der Waals surface area contributed by atoms with Crippen molar-refractivity contribution in [1.82, 2.24) is 10.2 Å². The molecule has 0 spiro atoms. The van der Waals surface area contributed by atoms with E-state index in [2.05, 4.69) is 22.6 Å². The Balaban J connectivity index is 1.85. The molecule has 104 valence electrons. The minimum atomic E-state index is 0.470. The standard InChI is InChI=1S/C14H20ClN3S/c1-10-3-4-12(9-13(10)15)17-14(19)16-11-5-7-18(2)8-6-11/h3-4,9,11H,5-8H2,1-2H3,(H2,16,17,19). The van der Waals surface area contributed by atoms with Crippen LogP contribution in [0, 0.1) is 6.92 Å². The summed E-state index contributed by atoms with van der Waals surface area (Å²) in [5.41, 5.74) is 2.00. The van der Waals surface area contributed by atoms with Crippen LogP contribution in [0.3, 0.4) is 0 Å². The van der Waals surface area contributed by atoms with Gasteiger partial charge in [-0.1, -0.05) is 17.7 Å². The average Bonchev–Trinajstić information content (AvgIpc) is 2.37. The number of aryl methyl sites for hydroxylation is 1. The summed E-state index contributed by atoms with van der Waals surface area (Å²) in [4.78, 5) is 2.34. The molecule has 1 aromatic rings. The van der Waals surface area contributed by atoms with Crippen molar-refractivity contribution >= 4 is 34.6 Å². The molecule has 1 aromatic carbocycles. The zero-order valence-electron chi connectivity index (χ0n) is 11.4. The van der Waals surface area contributed by atoms with Gasteiger partial charge in [-0.05, 0) is 69.8 Å². The third-order valence-electron chi connectivity index (χ3n) is 3.48. The first-order valence-corrected chi connectivity index (χ1v) is 7.35. The first kappa shape index (κ1) is 14.6. The van der Waals surface area contributed by atoms with E-state index in [1.54, 1.807) is 0 Å². The lowest BCUT2D eigenvalue weighted by Crippen LogP contribution is -2.44. The molecule has 1 aliphatic heterocycles. The molecular formula is C14H20ClN3S. The van der Waals surface area contributed by atoms with Crippen molar-refractivity contribution < 1.29 is 0 Å². The Morgan fingerprint density at radius 2 is 2.05 bits per heavy atom. The van der Waals surface area contributed by atoms with E-state index in [9.17, 15) is 0 Å². The molecule has 2 rings (SSSR count). The van der Waals surface area contributed by atoms with Crippen LogP contribution in [0.1, 0.15) is 18.4 Å². The van der Waals surface area contributed by atoms with Crippen LogP contribution in [0.5, 0.6) is 0 Å². The van der Waals surface area contributed by atoms with E-state index in [4.69, 9.17) is 23.8 Å². The molecule has 1 saturated heterocycles. The summed E-state index contributed by atoms with van der Waals surface area (Å²) in [7, 11) is 2.15. The van der Waals surface area contributed by atoms with Crippen molar-refractivity contribution in [3.8, 4) is 0 Å². The number of rotatable bonds is 2. The average molecular weight is 298 g/mol. The Bertz CT molecular complexity index is 456. The van der Waals surface area contributed by atoms with Crippen LogP contribution in [0.15, 0.2) is 18.2 Å². The Kier molecular flexibility index (Phi) is 5.02. The van der Waals surface area contributed by atoms with E-state index in [0.717, 1.165) is 42.2 Å². The van der Waals surface area contributed by atoms with Crippen LogP contribution in [0.2, 0.25) is 5.02 Å². The van der Waals surface area contributed by atoms with Gasteiger partial charge in [-0.2, -0.15) is 0 Å². The van der Waals surface area contributed by atoms with Crippen molar-refractivity contribution in [2.45, 2.75) is 25.8 Å². The lowest BCUT2D eigenvalue weighted by Gasteiger charge is -2.30. The van der Waals surface area contributed by atoms with Crippen LogP contribution >= 0.6 is 23.8 Å². The molecule has 0 aromatic heterocycles. The lowest BCUT2D eigenvalue weighted by atomic mass is 10.1. The summed E-state index contributed by atoms with van der Waals surface area (Å²) in [6.45, 7) is 4.23. The summed E-state index contributed by atoms with van der Waals surface area (Å²) in [6.07, 6.45) is 2.26. The molecule has 0 saturated carbocycles. The maximum Gasteiger partial charge on any atom is 0.170 e. The van der Waals surface area contributed by atoms with Gasteiger partial charge in [0.1, 0.15) is 0 Å². The fraction of sp³-hybridized carbons (Fsp3) is 0.500. The molecule has 0 atom stereocenters. The van der Waals surface area contributed by atoms with Crippen molar-refractivity contribution in [3.63, 3.8) is 0 Å². The van der Waals surface area contributed by atoms with Gasteiger partial charge >= 0.3 is 0 Å². The van der Waals surface area contributed by atoms with E-state index < -0.39 is 0 Å². The lowest BCUT2D eigenvalue weighted by molar-refractivity contribution is 0.247. The number of nitrogens with zero attached hydrogens (tertiary/aromatic N) is 1. The van der Waals surface area contributed by atoms with Gasteiger partial charge in [-0.25, -0.2) is 0 Å². The Labute approximate surface area is 125 Å². The van der Waals surface area contributed by atoms with E-state index in [1.165, 1.54) is 0 Å². The monoisotopic (exact) mass is 297 g/mol. The van der Waals surface area contributed by atoms with Gasteiger partial charge in [0.25, 0.3) is 0 Å². The van der Waals surface area contributed by atoms with Crippen LogP contribution < -0.4 is 10.6 Å². The highest BCUT2D eigenvalue weighted by Gasteiger charge is 2.17. The topological polar surface area (TPSA) is 27.3 Å². The predicted octanol–water partition coefficient (Wildman–Crippen LogP) is 3.03. The third-order valence-corrected chi connectivity index (χ3v) is 4.11. The molecule has 1 fully saturated rings. The quantitative estimate of drug-likeness (QED) is 0.821. The number of nitrogens with one attached hydrogen (secondary N) is 2. The van der Waals surface area contributed by atoms with Crippen LogP contribution in [0.4, 0.5) is 5.69 Å². The molecule has 1 heterocycles. The molecule has 0 aliphatic carbocycles. The molecule has 0 unspecified atom stereocenters. The van der Waals surface area contributed by atoms with Gasteiger partial charge in [0.15, 0.2) is 5.11 Å². The number of thiocarbonyl (C=S) groups is 1. The SMILES string of the molecule is Cc1ccc(NC(=S)NC2CCN(C)CC2)cc1Cl. The molecule has 19 heavy (non-hydrogen) atoms. The molecule has 0 radical (unpaired) electrons. The molecule has 1 aliphatic rings. The minimum Gasteiger partial charge on any atom is -0.360 e. The third kappa shape index (κ3) is 4.34. The zero-order valence-corrected chi connectivity index (χ0v) is 12.9. The maximum absolute atomic E-state index is 6.10. The van der Waals surface area contributed by atoms with E-state index in [1.807, 2.05) is 25.1 Å². The summed E-state index contributed by atoms with van der Waals surface area (Å²) >= 11 is 11.4. The second-order valence-electron chi connectivity index (χ2n) is 5.14. The number of halogens is 1. The van der Waals surface area contributed by atoms with Crippen LogP contribution in [-0.4, -0.2) is 36.2 Å². The first-order valence-electron chi connectivity index (χ1n) is 6.57. The zero-order chi connectivity index (χ0) is 13.8. The molecule has 0 bridgehead atoms. The van der Waals surface area contributed by atoms with E-state index in [-0.39, 0.29) is 0 Å². The van der Waals surface area contributed by atoms with Gasteiger partial charge in [0.2, 0.25) is 0 Å². The van der Waals surface area contributed by atoms with Gasteiger partial charge in [0, 0.05) is 16.8 Å². The highest BCUT2D eigenvalue weighted by Crippen LogP contribution is 2.20. The second kappa shape index (κ2) is 6.55. The number of hydrogen-bond acceptors (Lipinski definition) is 2. The van der Waals surface area contributed by atoms with Crippen molar-refractivity contribution in [3.05, 3.63) is 28.8 Å². The van der Waals surface area contributed by atoms with Crippen molar-refractivity contribution in [2.75, 3.05) is 25.5 Å². The van der Waals surface area contributed by atoms with Crippen molar-refractivity contribution in [2.24, 2.45) is 0 Å². The Morgan fingerprint density at radius 3 is 2.68 bits per heavy atom. The fourth-order valence-corrected chi connectivity index (χ4v) is 2.64. The Hall–Kier alpha value is -0.840. The van der Waals surface area contributed by atoms with Crippen LogP contribution in [-0.2, 0) is 0 Å². The fourth-order valence-electron chi connectivity index (χ4n) is 2.18. The number of hydrogen-bond donors (Lipinski definition) is 2. The maximum atomic E-state index is 6.10. The summed E-state index contributed by atoms with van der Waals surface area (Å²) in [6, 6.07) is 6.35. The number of anilines is 1. The van der Waals surface area contributed by atoms with E-state index in [0.29, 0.717) is 11.2 Å². The largest absolute Gasteiger partial charge is 0.360 e. The minimum absolute atomic E-state index is 0.470. The summed E-state index contributed by atoms with van der Waals surface area (Å²) in [5, 5.41) is 8.00. The molecule has 2 N–H and O–H groups in total. The van der Waals surface area contributed by atoms with Gasteiger partial charge in [0.05, 0.1) is 0 Å². The number of likely N-dealkylation sites (tertiary alicyclic amines) is 1. The highest BCUT2D eigenvalue weighted by molar-refractivity contribution is 7.80. The molecular weight excluding hydrogens is 278 g/mol.